The fourth-order valence-corrected chi connectivity index (χ4v) is 2.21. The minimum absolute atomic E-state index is 0.00567. The molecule has 0 aliphatic rings. The van der Waals surface area contributed by atoms with Crippen molar-refractivity contribution in [1.29, 1.82) is 0 Å². The van der Waals surface area contributed by atoms with Crippen LogP contribution in [0.25, 0.3) is 0 Å². The van der Waals surface area contributed by atoms with Crippen molar-refractivity contribution in [1.82, 2.24) is 5.32 Å². The van der Waals surface area contributed by atoms with Crippen LogP contribution in [0.15, 0.2) is 0 Å². The van der Waals surface area contributed by atoms with Gasteiger partial charge in [0.25, 0.3) is 0 Å². The highest BCUT2D eigenvalue weighted by Crippen LogP contribution is 2.16. The Balaban J connectivity index is 4.39. The molecule has 1 amide bonds. The third-order valence-electron chi connectivity index (χ3n) is 2.87. The molecule has 0 aromatic rings. The molecule has 0 radical (unpaired) electrons. The van der Waals surface area contributed by atoms with Gasteiger partial charge in [-0.05, 0) is 41.5 Å². The first-order valence-corrected chi connectivity index (χ1v) is 7.02. The van der Waals surface area contributed by atoms with Gasteiger partial charge in [-0.1, -0.05) is 0 Å². The van der Waals surface area contributed by atoms with E-state index in [-0.39, 0.29) is 24.2 Å². The van der Waals surface area contributed by atoms with Gasteiger partial charge in [0, 0.05) is 19.1 Å². The van der Waals surface area contributed by atoms with Gasteiger partial charge in [-0.2, -0.15) is 0 Å². The van der Waals surface area contributed by atoms with Crippen molar-refractivity contribution in [3.63, 3.8) is 0 Å². The van der Waals surface area contributed by atoms with Gasteiger partial charge in [0.15, 0.2) is 0 Å². The standard InChI is InChI=1S/C14H30N2O3/c1-7-18-9-12(5)19-11(4)8-14(6,13(15)17)16-10(2)3/h10-12,16H,7-9H2,1-6H3,(H2,15,17). The van der Waals surface area contributed by atoms with Gasteiger partial charge in [0.1, 0.15) is 0 Å². The molecule has 5 nitrogen and oxygen atoms in total. The number of ether oxygens (including phenoxy) is 2. The lowest BCUT2D eigenvalue weighted by Crippen LogP contribution is -2.57. The van der Waals surface area contributed by atoms with E-state index >= 15 is 0 Å². The maximum atomic E-state index is 11.6. The van der Waals surface area contributed by atoms with Gasteiger partial charge >= 0.3 is 0 Å². The summed E-state index contributed by atoms with van der Waals surface area (Å²) < 4.78 is 11.1. The lowest BCUT2D eigenvalue weighted by atomic mass is 9.93. The van der Waals surface area contributed by atoms with Crippen LogP contribution < -0.4 is 11.1 Å². The van der Waals surface area contributed by atoms with Gasteiger partial charge in [-0.15, -0.1) is 0 Å². The van der Waals surface area contributed by atoms with Crippen molar-refractivity contribution < 1.29 is 14.3 Å². The number of amides is 1. The maximum Gasteiger partial charge on any atom is 0.237 e. The van der Waals surface area contributed by atoms with Crippen LogP contribution in [-0.4, -0.2) is 42.9 Å². The van der Waals surface area contributed by atoms with Gasteiger partial charge in [0.05, 0.1) is 24.4 Å². The summed E-state index contributed by atoms with van der Waals surface area (Å²) in [4.78, 5) is 11.6. The van der Waals surface area contributed by atoms with Crippen molar-refractivity contribution in [2.75, 3.05) is 13.2 Å². The highest BCUT2D eigenvalue weighted by molar-refractivity contribution is 5.84. The first-order valence-electron chi connectivity index (χ1n) is 7.02. The minimum Gasteiger partial charge on any atom is -0.379 e. The first kappa shape index (κ1) is 18.4. The van der Waals surface area contributed by atoms with Crippen LogP contribution in [0.1, 0.15) is 48.0 Å². The van der Waals surface area contributed by atoms with Crippen molar-refractivity contribution in [2.24, 2.45) is 5.73 Å². The van der Waals surface area contributed by atoms with Crippen LogP contribution in [0.4, 0.5) is 0 Å². The average Bonchev–Trinajstić information content (AvgIpc) is 2.24. The molecule has 0 fully saturated rings. The summed E-state index contributed by atoms with van der Waals surface area (Å²) in [6, 6.07) is 0.186. The Labute approximate surface area is 117 Å². The topological polar surface area (TPSA) is 73.6 Å². The van der Waals surface area contributed by atoms with E-state index in [1.165, 1.54) is 0 Å². The van der Waals surface area contributed by atoms with Crippen molar-refractivity contribution in [2.45, 2.75) is 71.8 Å². The largest absolute Gasteiger partial charge is 0.379 e. The first-order chi connectivity index (χ1) is 8.71. The number of nitrogens with one attached hydrogen (secondary N) is 1. The molecule has 0 saturated heterocycles. The summed E-state index contributed by atoms with van der Waals surface area (Å²) in [6.07, 6.45) is 0.474. The summed E-state index contributed by atoms with van der Waals surface area (Å²) >= 11 is 0. The molecule has 114 valence electrons. The molecule has 5 heteroatoms. The van der Waals surface area contributed by atoms with Crippen molar-refractivity contribution >= 4 is 5.91 Å². The summed E-state index contributed by atoms with van der Waals surface area (Å²) in [7, 11) is 0. The molecule has 3 atom stereocenters. The zero-order chi connectivity index (χ0) is 15.1. The molecule has 0 rings (SSSR count). The van der Waals surface area contributed by atoms with Crippen LogP contribution in [0, 0.1) is 0 Å². The second-order valence-electron chi connectivity index (χ2n) is 5.62. The number of carbonyl (C=O) groups excluding carboxylic acids is 1. The van der Waals surface area contributed by atoms with E-state index in [0.717, 1.165) is 0 Å². The zero-order valence-electron chi connectivity index (χ0n) is 13.2. The molecule has 0 aromatic carbocycles. The molecule has 3 N–H and O–H groups in total. The lowest BCUT2D eigenvalue weighted by Gasteiger charge is -2.33. The van der Waals surface area contributed by atoms with Crippen molar-refractivity contribution in [3.05, 3.63) is 0 Å². The highest BCUT2D eigenvalue weighted by atomic mass is 16.5. The summed E-state index contributed by atoms with van der Waals surface area (Å²) in [6.45, 7) is 12.9. The monoisotopic (exact) mass is 274 g/mol. The van der Waals surface area contributed by atoms with Gasteiger partial charge in [-0.3, -0.25) is 4.79 Å². The summed E-state index contributed by atoms with van der Waals surface area (Å²) in [5, 5.41) is 3.22. The van der Waals surface area contributed by atoms with Crippen LogP contribution in [0.3, 0.4) is 0 Å². The molecule has 0 aliphatic heterocycles. The van der Waals surface area contributed by atoms with E-state index in [4.69, 9.17) is 15.2 Å². The van der Waals surface area contributed by atoms with E-state index in [2.05, 4.69) is 5.32 Å². The average molecular weight is 274 g/mol. The van der Waals surface area contributed by atoms with Gasteiger partial charge < -0.3 is 20.5 Å². The Morgan fingerprint density at radius 2 is 1.84 bits per heavy atom. The van der Waals surface area contributed by atoms with Gasteiger partial charge in [0.2, 0.25) is 5.91 Å². The van der Waals surface area contributed by atoms with Crippen molar-refractivity contribution in [3.8, 4) is 0 Å². The van der Waals surface area contributed by atoms with Crippen LogP contribution >= 0.6 is 0 Å². The second kappa shape index (κ2) is 8.51. The fraction of sp³-hybridized carbons (Fsp3) is 0.929. The Hall–Kier alpha value is -0.650. The summed E-state index contributed by atoms with van der Waals surface area (Å²) in [5.41, 5.74) is 4.75. The maximum absolute atomic E-state index is 11.6. The van der Waals surface area contributed by atoms with E-state index in [1.54, 1.807) is 0 Å². The number of primary amides is 1. The second-order valence-corrected chi connectivity index (χ2v) is 5.62. The van der Waals surface area contributed by atoms with Crippen LogP contribution in [0.5, 0.6) is 0 Å². The molecular formula is C14H30N2O3. The number of nitrogens with two attached hydrogens (primary N) is 1. The van der Waals surface area contributed by atoms with E-state index in [1.807, 2.05) is 41.5 Å². The molecule has 0 aliphatic carbocycles. The summed E-state index contributed by atoms with van der Waals surface area (Å²) in [5.74, 6) is -0.353. The third kappa shape index (κ3) is 7.50. The predicted molar refractivity (Wildman–Crippen MR) is 77.0 cm³/mol. The normalized spacial score (nSPS) is 18.1. The Morgan fingerprint density at radius 3 is 2.26 bits per heavy atom. The molecule has 0 aromatic heterocycles. The molecule has 3 unspecified atom stereocenters. The Morgan fingerprint density at radius 1 is 1.26 bits per heavy atom. The molecule has 19 heavy (non-hydrogen) atoms. The Bertz CT molecular complexity index is 271. The predicted octanol–water partition coefficient (Wildman–Crippen LogP) is 1.45. The number of carbonyl (C=O) groups is 1. The lowest BCUT2D eigenvalue weighted by molar-refractivity contribution is -0.126. The Kier molecular flexibility index (Phi) is 8.22. The molecule has 0 heterocycles. The number of hydrogen-bond donors (Lipinski definition) is 2. The zero-order valence-corrected chi connectivity index (χ0v) is 13.2. The minimum atomic E-state index is -0.751. The van der Waals surface area contributed by atoms with E-state index in [9.17, 15) is 4.79 Å². The quantitative estimate of drug-likeness (QED) is 0.632. The molecule has 0 spiro atoms. The molecule has 0 saturated carbocycles. The molecular weight excluding hydrogens is 244 g/mol. The highest BCUT2D eigenvalue weighted by Gasteiger charge is 2.33. The number of hydrogen-bond acceptors (Lipinski definition) is 4. The van der Waals surface area contributed by atoms with Crippen LogP contribution in [0.2, 0.25) is 0 Å². The SMILES string of the molecule is CCOCC(C)OC(C)CC(C)(NC(C)C)C(N)=O. The van der Waals surface area contributed by atoms with E-state index < -0.39 is 5.54 Å². The van der Waals surface area contributed by atoms with Crippen LogP contribution in [-0.2, 0) is 14.3 Å². The number of rotatable bonds is 10. The van der Waals surface area contributed by atoms with Gasteiger partial charge in [-0.25, -0.2) is 0 Å². The third-order valence-corrected chi connectivity index (χ3v) is 2.87. The smallest absolute Gasteiger partial charge is 0.237 e. The fourth-order valence-electron chi connectivity index (χ4n) is 2.21. The molecule has 0 bridgehead atoms. The van der Waals surface area contributed by atoms with E-state index in [0.29, 0.717) is 19.6 Å².